The maximum Gasteiger partial charge on any atom is 0.215 e. The predicted molar refractivity (Wildman–Crippen MR) is 60.4 cm³/mol. The Bertz CT molecular complexity index is 441. The first-order valence-corrected chi connectivity index (χ1v) is 7.07. The molecule has 1 saturated carbocycles. The zero-order chi connectivity index (χ0) is 12.3. The van der Waals surface area contributed by atoms with E-state index in [-0.39, 0.29) is 6.54 Å². The standard InChI is InChI=1S/C8H16N6O2S/c1-6(4-9-7-2-3-7)17(15,16)10-5-8-11-13-14-12-8/h6-7,9-10H,2-5H2,1H3,(H,11,12,13,14). The highest BCUT2D eigenvalue weighted by Crippen LogP contribution is 2.18. The van der Waals surface area contributed by atoms with Crippen LogP contribution in [0.2, 0.25) is 0 Å². The Morgan fingerprint density at radius 1 is 1.53 bits per heavy atom. The van der Waals surface area contributed by atoms with Crippen LogP contribution in [-0.4, -0.2) is 46.9 Å². The van der Waals surface area contributed by atoms with Crippen LogP contribution >= 0.6 is 0 Å². The van der Waals surface area contributed by atoms with Crippen molar-refractivity contribution in [3.05, 3.63) is 5.82 Å². The summed E-state index contributed by atoms with van der Waals surface area (Å²) in [4.78, 5) is 0. The third kappa shape index (κ3) is 3.72. The number of H-pyrrole nitrogens is 1. The Morgan fingerprint density at radius 3 is 2.88 bits per heavy atom. The van der Waals surface area contributed by atoms with Crippen LogP contribution in [0.1, 0.15) is 25.6 Å². The lowest BCUT2D eigenvalue weighted by Gasteiger charge is -2.13. The summed E-state index contributed by atoms with van der Waals surface area (Å²) in [6, 6.07) is 0.504. The van der Waals surface area contributed by atoms with E-state index in [2.05, 4.69) is 30.7 Å². The molecule has 2 rings (SSSR count). The number of aromatic nitrogens is 4. The normalized spacial score (nSPS) is 18.2. The highest BCUT2D eigenvalue weighted by molar-refractivity contribution is 7.90. The van der Waals surface area contributed by atoms with Crippen LogP contribution in [0, 0.1) is 0 Å². The maximum atomic E-state index is 11.8. The van der Waals surface area contributed by atoms with Crippen molar-refractivity contribution in [3.63, 3.8) is 0 Å². The number of aromatic amines is 1. The summed E-state index contributed by atoms with van der Waals surface area (Å²) >= 11 is 0. The van der Waals surface area contributed by atoms with Crippen molar-refractivity contribution in [3.8, 4) is 0 Å². The van der Waals surface area contributed by atoms with Crippen molar-refractivity contribution in [1.82, 2.24) is 30.7 Å². The highest BCUT2D eigenvalue weighted by atomic mass is 32.2. The van der Waals surface area contributed by atoms with E-state index in [0.29, 0.717) is 18.4 Å². The van der Waals surface area contributed by atoms with Crippen LogP contribution in [-0.2, 0) is 16.6 Å². The fourth-order valence-electron chi connectivity index (χ4n) is 1.29. The summed E-state index contributed by atoms with van der Waals surface area (Å²) in [5.74, 6) is 0.330. The maximum absolute atomic E-state index is 11.8. The molecule has 1 fully saturated rings. The first-order chi connectivity index (χ1) is 8.08. The van der Waals surface area contributed by atoms with Gasteiger partial charge in [0, 0.05) is 12.6 Å². The fraction of sp³-hybridized carbons (Fsp3) is 0.875. The van der Waals surface area contributed by atoms with Gasteiger partial charge in [0.2, 0.25) is 10.0 Å². The highest BCUT2D eigenvalue weighted by Gasteiger charge is 2.25. The second-order valence-electron chi connectivity index (χ2n) is 4.19. The number of rotatable bonds is 7. The van der Waals surface area contributed by atoms with Gasteiger partial charge < -0.3 is 5.32 Å². The predicted octanol–water partition coefficient (Wildman–Crippen LogP) is -1.24. The van der Waals surface area contributed by atoms with Crippen molar-refractivity contribution in [1.29, 1.82) is 0 Å². The summed E-state index contributed by atoms with van der Waals surface area (Å²) in [6.07, 6.45) is 2.28. The summed E-state index contributed by atoms with van der Waals surface area (Å²) in [5, 5.41) is 15.7. The first-order valence-electron chi connectivity index (χ1n) is 5.52. The van der Waals surface area contributed by atoms with Gasteiger partial charge in [-0.2, -0.15) is 5.21 Å². The van der Waals surface area contributed by atoms with Gasteiger partial charge in [-0.3, -0.25) is 0 Å². The van der Waals surface area contributed by atoms with Crippen LogP contribution in [0.5, 0.6) is 0 Å². The van der Waals surface area contributed by atoms with Gasteiger partial charge in [-0.1, -0.05) is 5.21 Å². The smallest absolute Gasteiger partial charge is 0.215 e. The lowest BCUT2D eigenvalue weighted by molar-refractivity contribution is 0.555. The molecule has 17 heavy (non-hydrogen) atoms. The molecule has 0 radical (unpaired) electrons. The summed E-state index contributed by atoms with van der Waals surface area (Å²) in [5.41, 5.74) is 0. The zero-order valence-electron chi connectivity index (χ0n) is 9.55. The van der Waals surface area contributed by atoms with Gasteiger partial charge in [0.05, 0.1) is 11.8 Å². The molecule has 1 aromatic heterocycles. The monoisotopic (exact) mass is 260 g/mol. The van der Waals surface area contributed by atoms with Crippen LogP contribution in [0.15, 0.2) is 0 Å². The van der Waals surface area contributed by atoms with Gasteiger partial charge in [-0.25, -0.2) is 13.1 Å². The summed E-state index contributed by atoms with van der Waals surface area (Å²) < 4.78 is 26.1. The topological polar surface area (TPSA) is 113 Å². The number of sulfonamides is 1. The molecular formula is C8H16N6O2S. The summed E-state index contributed by atoms with van der Waals surface area (Å²) in [6.45, 7) is 2.20. The van der Waals surface area contributed by atoms with Crippen molar-refractivity contribution < 1.29 is 8.42 Å². The Labute approximate surface area is 99.6 Å². The number of hydrogen-bond donors (Lipinski definition) is 3. The van der Waals surface area contributed by atoms with Gasteiger partial charge in [-0.15, -0.1) is 10.2 Å². The van der Waals surface area contributed by atoms with Crippen molar-refractivity contribution >= 4 is 10.0 Å². The van der Waals surface area contributed by atoms with E-state index in [9.17, 15) is 8.42 Å². The summed E-state index contributed by atoms with van der Waals surface area (Å²) in [7, 11) is -3.34. The molecule has 0 spiro atoms. The number of nitrogens with one attached hydrogen (secondary N) is 3. The lowest BCUT2D eigenvalue weighted by Crippen LogP contribution is -2.39. The molecule has 0 aromatic carbocycles. The van der Waals surface area contributed by atoms with Crippen molar-refractivity contribution in [2.45, 2.75) is 37.6 Å². The molecular weight excluding hydrogens is 244 g/mol. The average Bonchev–Trinajstić information content (AvgIpc) is 2.97. The Hall–Kier alpha value is -1.06. The molecule has 0 saturated heterocycles. The Balaban J connectivity index is 1.79. The van der Waals surface area contributed by atoms with Gasteiger partial charge in [0.1, 0.15) is 0 Å². The Morgan fingerprint density at radius 2 is 2.29 bits per heavy atom. The van der Waals surface area contributed by atoms with Crippen molar-refractivity contribution in [2.24, 2.45) is 0 Å². The lowest BCUT2D eigenvalue weighted by atomic mass is 10.4. The third-order valence-electron chi connectivity index (χ3n) is 2.62. The second kappa shape index (κ2) is 5.07. The first kappa shape index (κ1) is 12.4. The molecule has 0 bridgehead atoms. The van der Waals surface area contributed by atoms with Crippen LogP contribution in [0.4, 0.5) is 0 Å². The van der Waals surface area contributed by atoms with E-state index in [4.69, 9.17) is 0 Å². The second-order valence-corrected chi connectivity index (χ2v) is 6.37. The van der Waals surface area contributed by atoms with Gasteiger partial charge >= 0.3 is 0 Å². The molecule has 96 valence electrons. The van der Waals surface area contributed by atoms with Crippen molar-refractivity contribution in [2.75, 3.05) is 6.54 Å². The van der Waals surface area contributed by atoms with Crippen LogP contribution in [0.3, 0.4) is 0 Å². The molecule has 1 unspecified atom stereocenters. The molecule has 1 aliphatic rings. The number of hydrogen-bond acceptors (Lipinski definition) is 6. The van der Waals surface area contributed by atoms with E-state index < -0.39 is 15.3 Å². The molecule has 0 aliphatic heterocycles. The van der Waals surface area contributed by atoms with Crippen LogP contribution in [0.25, 0.3) is 0 Å². The fourth-order valence-corrected chi connectivity index (χ4v) is 2.23. The molecule has 9 heteroatoms. The third-order valence-corrected chi connectivity index (χ3v) is 4.39. The van der Waals surface area contributed by atoms with Gasteiger partial charge in [-0.05, 0) is 19.8 Å². The Kier molecular flexibility index (Phi) is 3.69. The van der Waals surface area contributed by atoms with E-state index in [1.54, 1.807) is 6.92 Å². The van der Waals surface area contributed by atoms with E-state index >= 15 is 0 Å². The average molecular weight is 260 g/mol. The molecule has 3 N–H and O–H groups in total. The molecule has 0 amide bonds. The molecule has 1 heterocycles. The minimum atomic E-state index is -3.34. The number of nitrogens with zero attached hydrogens (tertiary/aromatic N) is 3. The molecule has 8 nitrogen and oxygen atoms in total. The molecule has 1 atom stereocenters. The number of tetrazole rings is 1. The minimum absolute atomic E-state index is 0.0621. The van der Waals surface area contributed by atoms with E-state index in [1.165, 1.54) is 0 Å². The van der Waals surface area contributed by atoms with E-state index in [0.717, 1.165) is 12.8 Å². The molecule has 1 aromatic rings. The SMILES string of the molecule is CC(CNC1CC1)S(=O)(=O)NCc1nn[nH]n1. The minimum Gasteiger partial charge on any atom is -0.313 e. The van der Waals surface area contributed by atoms with Gasteiger partial charge in [0.25, 0.3) is 0 Å². The molecule has 1 aliphatic carbocycles. The quantitative estimate of drug-likeness (QED) is 0.565. The largest absolute Gasteiger partial charge is 0.313 e. The van der Waals surface area contributed by atoms with Crippen LogP contribution < -0.4 is 10.0 Å². The van der Waals surface area contributed by atoms with E-state index in [1.807, 2.05) is 0 Å². The van der Waals surface area contributed by atoms with Gasteiger partial charge in [0.15, 0.2) is 5.82 Å². The zero-order valence-corrected chi connectivity index (χ0v) is 10.4.